The Kier molecular flexibility index (Phi) is 8.01. The molecule has 4 nitrogen and oxygen atoms in total. The molecule has 0 bridgehead atoms. The number of fused-ring (bicyclic) bond motifs is 3. The number of halogens is 3. The summed E-state index contributed by atoms with van der Waals surface area (Å²) in [5.41, 5.74) is -0.263. The van der Waals surface area contributed by atoms with Crippen LogP contribution in [0.25, 0.3) is 0 Å². The first kappa shape index (κ1) is 24.9. The minimum Gasteiger partial charge on any atom is -0.792 e. The molecule has 4 rings (SSSR count). The average molecular weight is 499 g/mol. The van der Waals surface area contributed by atoms with Crippen LogP contribution in [0.3, 0.4) is 0 Å². The largest absolute Gasteiger partial charge is 1.00 e. The molecule has 2 aliphatic heterocycles. The summed E-state index contributed by atoms with van der Waals surface area (Å²) in [5, 5.41) is 0.374. The third-order valence-electron chi connectivity index (χ3n) is 5.75. The zero-order valence-corrected chi connectivity index (χ0v) is 21.7. The van der Waals surface area contributed by atoms with E-state index in [1.54, 1.807) is 0 Å². The second-order valence-corrected chi connectivity index (χ2v) is 10.2. The van der Waals surface area contributed by atoms with Crippen molar-refractivity contribution < 1.29 is 78.1 Å². The fourth-order valence-corrected chi connectivity index (χ4v) is 7.15. The van der Waals surface area contributed by atoms with E-state index in [1.807, 2.05) is 0 Å². The van der Waals surface area contributed by atoms with Gasteiger partial charge in [-0.2, -0.15) is 5.75 Å². The molecule has 0 radical (unpaired) electrons. The van der Waals surface area contributed by atoms with Crippen molar-refractivity contribution in [1.82, 2.24) is 0 Å². The fourth-order valence-electron chi connectivity index (χ4n) is 4.45. The molecule has 10 heteroatoms. The maximum Gasteiger partial charge on any atom is 1.00 e. The molecule has 0 N–H and O–H groups in total. The van der Waals surface area contributed by atoms with E-state index in [1.165, 1.54) is 24.3 Å². The molecular weight excluding hydrogens is 481 g/mol. The Balaban J connectivity index is 0.00000256. The van der Waals surface area contributed by atoms with Gasteiger partial charge < -0.3 is 22.1 Å². The van der Waals surface area contributed by atoms with E-state index in [4.69, 9.17) is 33.7 Å². The van der Waals surface area contributed by atoms with Gasteiger partial charge in [-0.3, -0.25) is 0 Å². The van der Waals surface area contributed by atoms with Crippen LogP contribution in [0.15, 0.2) is 41.3 Å². The average Bonchev–Trinajstić information content (AvgIpc) is 2.71. The minimum atomic E-state index is -4.16. The molecule has 0 saturated carbocycles. The summed E-state index contributed by atoms with van der Waals surface area (Å²) >= 11 is 11.0. The summed E-state index contributed by atoms with van der Waals surface area (Å²) < 4.78 is 67.1. The molecule has 30 heavy (non-hydrogen) atoms. The van der Waals surface area contributed by atoms with Gasteiger partial charge in [0.1, 0.15) is 10.6 Å². The Morgan fingerprint density at radius 2 is 1.80 bits per heavy atom. The van der Waals surface area contributed by atoms with Crippen LogP contribution >= 0.6 is 11.6 Å². The van der Waals surface area contributed by atoms with Gasteiger partial charge in [0.05, 0.1) is 23.2 Å². The van der Waals surface area contributed by atoms with E-state index in [0.717, 1.165) is 12.1 Å². The summed E-state index contributed by atoms with van der Waals surface area (Å²) in [6.45, 7) is -0.0289. The van der Waals surface area contributed by atoms with Crippen molar-refractivity contribution >= 4 is 34.1 Å². The molecule has 3 atom stereocenters. The van der Waals surface area contributed by atoms with Gasteiger partial charge in [-0.25, -0.2) is 17.2 Å². The van der Waals surface area contributed by atoms with Crippen molar-refractivity contribution in [2.24, 2.45) is 5.92 Å². The number of ether oxygens (including phenoxy) is 2. The number of hydrogen-bond donors (Lipinski definition) is 0. The molecule has 0 aliphatic carbocycles. The Hall–Kier alpha value is 0.286. The van der Waals surface area contributed by atoms with E-state index in [-0.39, 0.29) is 87.2 Å². The number of benzene rings is 2. The molecule has 0 unspecified atom stereocenters. The van der Waals surface area contributed by atoms with Crippen LogP contribution in [0, 0.1) is 17.6 Å². The molecule has 2 aromatic carbocycles. The Bertz CT molecular complexity index is 1030. The molecular formula is C20H18ClF2KO4S2. The van der Waals surface area contributed by atoms with Crippen LogP contribution in [-0.4, -0.2) is 33.5 Å². The van der Waals surface area contributed by atoms with E-state index < -0.39 is 38.2 Å². The first-order chi connectivity index (χ1) is 13.8. The third kappa shape index (κ3) is 3.92. The van der Waals surface area contributed by atoms with Crippen LogP contribution < -0.4 is 56.1 Å². The topological polar surface area (TPSA) is 52.6 Å². The van der Waals surface area contributed by atoms with Crippen molar-refractivity contribution in [3.05, 3.63) is 58.6 Å². The van der Waals surface area contributed by atoms with Gasteiger partial charge in [0, 0.05) is 17.5 Å². The van der Waals surface area contributed by atoms with Gasteiger partial charge in [-0.15, -0.1) is 0 Å². The molecule has 2 heterocycles. The SMILES string of the molecule is O=S(=O)(c1ccc(Cl)cc1)[C@@]12CCO[C@@H](CC[S-])[C@@H]1COc1c(F)ccc(F)c12.[K+]. The summed E-state index contributed by atoms with van der Waals surface area (Å²) in [6.07, 6.45) is -0.153. The van der Waals surface area contributed by atoms with Crippen LogP contribution in [-0.2, 0) is 31.9 Å². The monoisotopic (exact) mass is 498 g/mol. The maximum absolute atomic E-state index is 15.1. The molecule has 0 spiro atoms. The predicted molar refractivity (Wildman–Crippen MR) is 107 cm³/mol. The normalized spacial score (nSPS) is 25.5. The van der Waals surface area contributed by atoms with E-state index in [9.17, 15) is 12.8 Å². The van der Waals surface area contributed by atoms with Crippen molar-refractivity contribution in [1.29, 1.82) is 0 Å². The molecule has 0 aromatic heterocycles. The second-order valence-electron chi connectivity index (χ2n) is 7.15. The van der Waals surface area contributed by atoms with Gasteiger partial charge in [0.15, 0.2) is 21.4 Å². The Labute approximate surface area is 227 Å². The minimum absolute atomic E-state index is 0. The second kappa shape index (κ2) is 9.65. The molecule has 1 saturated heterocycles. The number of sulfone groups is 1. The van der Waals surface area contributed by atoms with Crippen LogP contribution in [0.1, 0.15) is 18.4 Å². The maximum atomic E-state index is 15.1. The fraction of sp³-hybridized carbons (Fsp3) is 0.400. The Morgan fingerprint density at radius 3 is 2.47 bits per heavy atom. The van der Waals surface area contributed by atoms with Crippen LogP contribution in [0.4, 0.5) is 8.78 Å². The van der Waals surface area contributed by atoms with Crippen molar-refractivity contribution in [2.45, 2.75) is 28.6 Å². The summed E-state index contributed by atoms with van der Waals surface area (Å²) in [6, 6.07) is 7.57. The molecule has 0 amide bonds. The smallest absolute Gasteiger partial charge is 0.792 e. The Morgan fingerprint density at radius 1 is 1.13 bits per heavy atom. The molecule has 2 aromatic rings. The van der Waals surface area contributed by atoms with Crippen LogP contribution in [0.2, 0.25) is 5.02 Å². The van der Waals surface area contributed by atoms with Crippen molar-refractivity contribution in [3.8, 4) is 5.75 Å². The summed E-state index contributed by atoms with van der Waals surface area (Å²) in [7, 11) is -4.16. The first-order valence-corrected chi connectivity index (χ1v) is 11.6. The third-order valence-corrected chi connectivity index (χ3v) is 8.80. The van der Waals surface area contributed by atoms with Gasteiger partial charge in [-0.1, -0.05) is 11.6 Å². The van der Waals surface area contributed by atoms with Gasteiger partial charge in [-0.05, 0) is 49.2 Å². The van der Waals surface area contributed by atoms with Crippen LogP contribution in [0.5, 0.6) is 5.75 Å². The van der Waals surface area contributed by atoms with Crippen molar-refractivity contribution in [2.75, 3.05) is 19.0 Å². The van der Waals surface area contributed by atoms with Gasteiger partial charge in [0.2, 0.25) is 0 Å². The van der Waals surface area contributed by atoms with Crippen molar-refractivity contribution in [3.63, 3.8) is 0 Å². The van der Waals surface area contributed by atoms with E-state index in [2.05, 4.69) is 0 Å². The number of rotatable bonds is 4. The summed E-state index contributed by atoms with van der Waals surface area (Å²) in [5.74, 6) is -2.35. The molecule has 1 fully saturated rings. The predicted octanol–water partition coefficient (Wildman–Crippen LogP) is 1.03. The van der Waals surface area contributed by atoms with E-state index >= 15 is 4.39 Å². The van der Waals surface area contributed by atoms with Gasteiger partial charge >= 0.3 is 51.4 Å². The zero-order valence-electron chi connectivity index (χ0n) is 16.2. The van der Waals surface area contributed by atoms with Gasteiger partial charge in [0.25, 0.3) is 0 Å². The molecule has 2 aliphatic rings. The number of hydrogen-bond acceptors (Lipinski definition) is 5. The standard InChI is InChI=1S/C20H19ClF2O4S2.K/c21-12-1-3-13(4-2-12)29(24,25)20-8-9-26-17(7-10-28)14(20)11-27-19-16(23)6-5-15(22)18(19)20;/h1-6,14,17,28H,7-11H2;/q;+1/p-1/t14-,17-,20-;/m0./s1. The quantitative estimate of drug-likeness (QED) is 0.465. The zero-order chi connectivity index (χ0) is 20.8. The molecule has 156 valence electrons. The van der Waals surface area contributed by atoms with E-state index in [0.29, 0.717) is 17.2 Å². The first-order valence-electron chi connectivity index (χ1n) is 9.14. The summed E-state index contributed by atoms with van der Waals surface area (Å²) in [4.78, 5) is -0.0116.